The lowest BCUT2D eigenvalue weighted by molar-refractivity contribution is -0.120. The second-order valence-electron chi connectivity index (χ2n) is 4.37. The average molecular weight is 369 g/mol. The van der Waals surface area contributed by atoms with Gasteiger partial charge in [-0.1, -0.05) is 23.7 Å². The van der Waals surface area contributed by atoms with Gasteiger partial charge in [0.15, 0.2) is 9.84 Å². The van der Waals surface area contributed by atoms with Crippen LogP contribution >= 0.6 is 11.6 Å². The highest BCUT2D eigenvalue weighted by atomic mass is 35.5. The number of rotatable bonds is 8. The molecule has 124 valence electrons. The van der Waals surface area contributed by atoms with Crippen LogP contribution < -0.4 is 10.0 Å². The van der Waals surface area contributed by atoms with E-state index in [0.29, 0.717) is 0 Å². The van der Waals surface area contributed by atoms with Gasteiger partial charge >= 0.3 is 0 Å². The first-order valence-corrected chi connectivity index (χ1v) is 10.0. The van der Waals surface area contributed by atoms with E-state index in [2.05, 4.69) is 10.0 Å². The summed E-state index contributed by atoms with van der Waals surface area (Å²) in [6.07, 6.45) is -0.271. The number of amides is 1. The first-order valence-electron chi connectivity index (χ1n) is 6.33. The van der Waals surface area contributed by atoms with E-state index in [9.17, 15) is 21.6 Å². The van der Waals surface area contributed by atoms with Crippen molar-refractivity contribution in [1.82, 2.24) is 10.0 Å². The Morgan fingerprint density at radius 1 is 1.14 bits per heavy atom. The summed E-state index contributed by atoms with van der Waals surface area (Å²) < 4.78 is 48.5. The minimum absolute atomic E-state index is 0.0257. The Morgan fingerprint density at radius 3 is 2.36 bits per heavy atom. The Bertz CT molecular complexity index is 732. The first-order chi connectivity index (χ1) is 10.2. The monoisotopic (exact) mass is 368 g/mol. The summed E-state index contributed by atoms with van der Waals surface area (Å²) >= 11 is 5.82. The van der Waals surface area contributed by atoms with Crippen LogP contribution in [0.1, 0.15) is 6.42 Å². The Morgan fingerprint density at radius 2 is 1.77 bits per heavy atom. The molecular weight excluding hydrogens is 352 g/mol. The number of carbonyl (C=O) groups excluding carboxylic acids is 1. The SMILES string of the molecule is CNS(=O)(=O)CCNC(=O)CCS(=O)(=O)c1ccccc1Cl. The number of nitrogens with one attached hydrogen (secondary N) is 2. The topological polar surface area (TPSA) is 109 Å². The molecule has 0 saturated heterocycles. The van der Waals surface area contributed by atoms with Gasteiger partial charge in [-0.3, -0.25) is 4.79 Å². The highest BCUT2D eigenvalue weighted by molar-refractivity contribution is 7.91. The van der Waals surface area contributed by atoms with Crippen LogP contribution in [0.4, 0.5) is 0 Å². The molecule has 0 aliphatic rings. The molecule has 1 rings (SSSR count). The van der Waals surface area contributed by atoms with Gasteiger partial charge in [-0.05, 0) is 19.2 Å². The number of hydrogen-bond donors (Lipinski definition) is 2. The number of sulfone groups is 1. The van der Waals surface area contributed by atoms with Crippen LogP contribution in [-0.4, -0.2) is 47.8 Å². The van der Waals surface area contributed by atoms with E-state index in [-0.39, 0.29) is 28.6 Å². The molecule has 0 atom stereocenters. The van der Waals surface area contributed by atoms with Gasteiger partial charge in [0, 0.05) is 13.0 Å². The Balaban J connectivity index is 2.52. The highest BCUT2D eigenvalue weighted by Gasteiger charge is 2.19. The molecule has 2 N–H and O–H groups in total. The van der Waals surface area contributed by atoms with Crippen molar-refractivity contribution in [1.29, 1.82) is 0 Å². The predicted octanol–water partition coefficient (Wildman–Crippen LogP) is 0.169. The van der Waals surface area contributed by atoms with Gasteiger partial charge in [-0.15, -0.1) is 0 Å². The highest BCUT2D eigenvalue weighted by Crippen LogP contribution is 2.22. The number of hydrogen-bond acceptors (Lipinski definition) is 5. The third-order valence-corrected chi connectivity index (χ3v) is 6.35. The van der Waals surface area contributed by atoms with Crippen LogP contribution in [0.2, 0.25) is 5.02 Å². The van der Waals surface area contributed by atoms with Crippen molar-refractivity contribution in [2.45, 2.75) is 11.3 Å². The molecule has 0 aliphatic carbocycles. The molecule has 7 nitrogen and oxygen atoms in total. The van der Waals surface area contributed by atoms with Crippen LogP contribution in [-0.2, 0) is 24.7 Å². The van der Waals surface area contributed by atoms with Crippen molar-refractivity contribution in [3.8, 4) is 0 Å². The lowest BCUT2D eigenvalue weighted by atomic mass is 10.4. The average Bonchev–Trinajstić information content (AvgIpc) is 2.45. The quantitative estimate of drug-likeness (QED) is 0.679. The molecule has 1 aromatic carbocycles. The van der Waals surface area contributed by atoms with Crippen LogP contribution in [0.3, 0.4) is 0 Å². The maximum absolute atomic E-state index is 12.1. The van der Waals surface area contributed by atoms with Crippen LogP contribution in [0, 0.1) is 0 Å². The van der Waals surface area contributed by atoms with E-state index in [0.717, 1.165) is 0 Å². The van der Waals surface area contributed by atoms with Gasteiger partial charge in [-0.2, -0.15) is 0 Å². The van der Waals surface area contributed by atoms with Crippen molar-refractivity contribution in [2.24, 2.45) is 0 Å². The summed E-state index contributed by atoms with van der Waals surface area (Å²) in [5.74, 6) is -1.21. The minimum atomic E-state index is -3.67. The van der Waals surface area contributed by atoms with Crippen LogP contribution in [0.5, 0.6) is 0 Å². The molecular formula is C12H17ClN2O5S2. The molecule has 10 heteroatoms. The Labute approximate surface area is 135 Å². The minimum Gasteiger partial charge on any atom is -0.355 e. The van der Waals surface area contributed by atoms with Gasteiger partial charge in [0.25, 0.3) is 0 Å². The fraction of sp³-hybridized carbons (Fsp3) is 0.417. The summed E-state index contributed by atoms with van der Waals surface area (Å²) in [6, 6.07) is 5.98. The molecule has 0 aromatic heterocycles. The second kappa shape index (κ2) is 7.91. The summed E-state index contributed by atoms with van der Waals surface area (Å²) in [7, 11) is -5.80. The maximum Gasteiger partial charge on any atom is 0.221 e. The van der Waals surface area contributed by atoms with Crippen molar-refractivity contribution in [3.05, 3.63) is 29.3 Å². The van der Waals surface area contributed by atoms with Crippen molar-refractivity contribution in [3.63, 3.8) is 0 Å². The number of sulfonamides is 1. The molecule has 0 radical (unpaired) electrons. The zero-order valence-electron chi connectivity index (χ0n) is 11.9. The molecule has 0 bridgehead atoms. The predicted molar refractivity (Wildman–Crippen MR) is 84.0 cm³/mol. The van der Waals surface area contributed by atoms with Crippen LogP contribution in [0.15, 0.2) is 29.2 Å². The van der Waals surface area contributed by atoms with Crippen molar-refractivity contribution >= 4 is 37.4 Å². The van der Waals surface area contributed by atoms with E-state index >= 15 is 0 Å². The summed E-state index contributed by atoms with van der Waals surface area (Å²) in [5.41, 5.74) is 0. The number of benzene rings is 1. The second-order valence-corrected chi connectivity index (χ2v) is 8.90. The number of carbonyl (C=O) groups is 1. The summed E-state index contributed by atoms with van der Waals surface area (Å²) in [5, 5.41) is 2.46. The first kappa shape index (κ1) is 18.9. The van der Waals surface area contributed by atoms with Gasteiger partial charge in [0.1, 0.15) is 0 Å². The van der Waals surface area contributed by atoms with E-state index in [1.54, 1.807) is 12.1 Å². The van der Waals surface area contributed by atoms with E-state index in [1.807, 2.05) is 0 Å². The molecule has 0 aliphatic heterocycles. The van der Waals surface area contributed by atoms with Gasteiger partial charge < -0.3 is 5.32 Å². The Kier molecular flexibility index (Phi) is 6.79. The van der Waals surface area contributed by atoms with Gasteiger partial charge in [0.2, 0.25) is 15.9 Å². The normalized spacial score (nSPS) is 12.1. The fourth-order valence-corrected chi connectivity index (χ4v) is 3.94. The smallest absolute Gasteiger partial charge is 0.221 e. The molecule has 1 amide bonds. The van der Waals surface area contributed by atoms with E-state index in [1.165, 1.54) is 19.2 Å². The number of halogens is 1. The summed E-state index contributed by atoms with van der Waals surface area (Å²) in [6.45, 7) is -0.0891. The maximum atomic E-state index is 12.1. The van der Waals surface area contributed by atoms with Crippen LogP contribution in [0.25, 0.3) is 0 Å². The van der Waals surface area contributed by atoms with Gasteiger partial charge in [0.05, 0.1) is 21.4 Å². The lowest BCUT2D eigenvalue weighted by Gasteiger charge is -2.07. The van der Waals surface area contributed by atoms with Crippen molar-refractivity contribution in [2.75, 3.05) is 25.1 Å². The van der Waals surface area contributed by atoms with E-state index < -0.39 is 31.5 Å². The van der Waals surface area contributed by atoms with Gasteiger partial charge in [-0.25, -0.2) is 21.6 Å². The molecule has 0 unspecified atom stereocenters. The Hall–Kier alpha value is -1.16. The molecule has 0 fully saturated rings. The molecule has 22 heavy (non-hydrogen) atoms. The fourth-order valence-electron chi connectivity index (χ4n) is 1.55. The molecule has 0 spiro atoms. The lowest BCUT2D eigenvalue weighted by Crippen LogP contribution is -2.33. The largest absolute Gasteiger partial charge is 0.355 e. The van der Waals surface area contributed by atoms with E-state index in [4.69, 9.17) is 11.6 Å². The third-order valence-electron chi connectivity index (χ3n) is 2.77. The standard InChI is InChI=1S/C12H17ClN2O5S2/c1-14-22(19,20)9-7-15-12(16)6-8-21(17,18)11-5-3-2-4-10(11)13/h2-5,14H,6-9H2,1H3,(H,15,16). The van der Waals surface area contributed by atoms with Crippen molar-refractivity contribution < 1.29 is 21.6 Å². The summed E-state index contributed by atoms with van der Waals surface area (Å²) in [4.78, 5) is 11.5. The molecule has 0 saturated carbocycles. The molecule has 0 heterocycles. The molecule has 1 aromatic rings. The zero-order chi connectivity index (χ0) is 16.8. The zero-order valence-corrected chi connectivity index (χ0v) is 14.3. The third kappa shape index (κ3) is 5.91.